The van der Waals surface area contributed by atoms with Crippen LogP contribution in [0.4, 0.5) is 24.5 Å². The van der Waals surface area contributed by atoms with E-state index in [0.29, 0.717) is 41.1 Å². The van der Waals surface area contributed by atoms with E-state index in [4.69, 9.17) is 0 Å². The van der Waals surface area contributed by atoms with Crippen molar-refractivity contribution in [2.24, 2.45) is 0 Å². The minimum absolute atomic E-state index is 0.0226. The van der Waals surface area contributed by atoms with E-state index in [-0.39, 0.29) is 35.3 Å². The van der Waals surface area contributed by atoms with E-state index in [1.54, 1.807) is 35.1 Å². The molecule has 0 unspecified atom stereocenters. The summed E-state index contributed by atoms with van der Waals surface area (Å²) in [5, 5.41) is 10.7. The molecule has 240 valence electrons. The number of anilines is 2. The molecule has 1 aliphatic heterocycles. The first-order chi connectivity index (χ1) is 21.8. The molecule has 0 bridgehead atoms. The molecule has 4 aromatic rings. The van der Waals surface area contributed by atoms with Crippen LogP contribution in [-0.4, -0.2) is 69.6 Å². The number of benzene rings is 2. The predicted octanol–water partition coefficient (Wildman–Crippen LogP) is 5.70. The quantitative estimate of drug-likeness (QED) is 0.266. The van der Waals surface area contributed by atoms with Crippen LogP contribution in [0, 0.1) is 18.8 Å². The molecule has 12 heteroatoms. The molecule has 2 N–H and O–H groups in total. The van der Waals surface area contributed by atoms with Gasteiger partial charge in [-0.1, -0.05) is 18.1 Å². The Morgan fingerprint density at radius 2 is 1.74 bits per heavy atom. The Morgan fingerprint density at radius 1 is 1.00 bits per heavy atom. The van der Waals surface area contributed by atoms with Crippen LogP contribution in [0.15, 0.2) is 48.7 Å². The molecule has 1 aliphatic rings. The van der Waals surface area contributed by atoms with Gasteiger partial charge in [0, 0.05) is 68.7 Å². The van der Waals surface area contributed by atoms with Gasteiger partial charge in [0.2, 0.25) is 5.91 Å². The summed E-state index contributed by atoms with van der Waals surface area (Å²) in [6.45, 7) is 10.3. The van der Waals surface area contributed by atoms with Crippen LogP contribution in [0.25, 0.3) is 11.0 Å². The van der Waals surface area contributed by atoms with Gasteiger partial charge < -0.3 is 15.5 Å². The van der Waals surface area contributed by atoms with E-state index >= 15 is 0 Å². The molecule has 2 aromatic heterocycles. The number of aryl methyl sites for hydroxylation is 1. The van der Waals surface area contributed by atoms with Crippen LogP contribution in [0.3, 0.4) is 0 Å². The molecule has 0 aliphatic carbocycles. The van der Waals surface area contributed by atoms with Gasteiger partial charge in [-0.3, -0.25) is 14.5 Å². The van der Waals surface area contributed by atoms with Gasteiger partial charge in [-0.05, 0) is 75.2 Å². The number of nitrogens with one attached hydrogen (secondary N) is 2. The van der Waals surface area contributed by atoms with Gasteiger partial charge in [0.15, 0.2) is 5.65 Å². The van der Waals surface area contributed by atoms with Crippen molar-refractivity contribution in [1.29, 1.82) is 0 Å². The second-order valence-corrected chi connectivity index (χ2v) is 11.8. The van der Waals surface area contributed by atoms with Crippen molar-refractivity contribution in [3.05, 3.63) is 82.2 Å². The van der Waals surface area contributed by atoms with Gasteiger partial charge in [-0.2, -0.15) is 18.3 Å². The van der Waals surface area contributed by atoms with Crippen molar-refractivity contribution in [1.82, 2.24) is 24.6 Å². The zero-order valence-corrected chi connectivity index (χ0v) is 26.4. The monoisotopic (exact) mass is 631 g/mol. The lowest BCUT2D eigenvalue weighted by Crippen LogP contribution is -2.44. The summed E-state index contributed by atoms with van der Waals surface area (Å²) in [5.74, 6) is 5.36. The van der Waals surface area contributed by atoms with Crippen LogP contribution in [0.1, 0.15) is 65.1 Å². The number of fused-ring (bicyclic) bond motifs is 1. The van der Waals surface area contributed by atoms with E-state index in [9.17, 15) is 22.8 Å². The molecule has 3 heterocycles. The van der Waals surface area contributed by atoms with E-state index in [1.165, 1.54) is 19.1 Å². The van der Waals surface area contributed by atoms with Gasteiger partial charge in [0.25, 0.3) is 5.91 Å². The number of hydrogen-bond acceptors (Lipinski definition) is 6. The van der Waals surface area contributed by atoms with E-state index in [1.807, 2.05) is 32.7 Å². The average Bonchev–Trinajstić information content (AvgIpc) is 3.38. The minimum Gasteiger partial charge on any atom is -0.325 e. The van der Waals surface area contributed by atoms with Crippen molar-refractivity contribution in [3.63, 3.8) is 0 Å². The molecule has 5 rings (SSSR count). The summed E-state index contributed by atoms with van der Waals surface area (Å²) in [5.41, 5.74) is 2.56. The fraction of sp³-hybridized carbons (Fsp3) is 0.353. The lowest BCUT2D eigenvalue weighted by molar-refractivity contribution is -0.138. The maximum absolute atomic E-state index is 14.1. The lowest BCUT2D eigenvalue weighted by Gasteiger charge is -2.33. The normalized spacial score (nSPS) is 14.3. The molecule has 0 atom stereocenters. The summed E-state index contributed by atoms with van der Waals surface area (Å²) in [4.78, 5) is 33.7. The Morgan fingerprint density at radius 3 is 2.41 bits per heavy atom. The summed E-state index contributed by atoms with van der Waals surface area (Å²) in [7, 11) is 1.99. The van der Waals surface area contributed by atoms with Crippen LogP contribution in [0.2, 0.25) is 0 Å². The largest absolute Gasteiger partial charge is 0.416 e. The number of pyridine rings is 1. The zero-order valence-electron chi connectivity index (χ0n) is 26.4. The van der Waals surface area contributed by atoms with Gasteiger partial charge in [0.1, 0.15) is 5.69 Å². The van der Waals surface area contributed by atoms with E-state index < -0.39 is 17.6 Å². The van der Waals surface area contributed by atoms with Crippen molar-refractivity contribution in [2.75, 3.05) is 43.9 Å². The van der Waals surface area contributed by atoms with Gasteiger partial charge in [-0.25, -0.2) is 9.67 Å². The topological polar surface area (TPSA) is 95.4 Å². The summed E-state index contributed by atoms with van der Waals surface area (Å²) in [6.07, 6.45) is -2.98. The third kappa shape index (κ3) is 7.38. The highest BCUT2D eigenvalue weighted by atomic mass is 19.4. The number of carbonyl (C=O) groups excluding carboxylic acids is 2. The highest BCUT2D eigenvalue weighted by Crippen LogP contribution is 2.35. The highest BCUT2D eigenvalue weighted by Gasteiger charge is 2.34. The van der Waals surface area contributed by atoms with Crippen molar-refractivity contribution >= 4 is 34.2 Å². The number of aromatic nitrogens is 3. The number of halogens is 3. The number of amides is 2. The number of piperazine rings is 1. The number of nitrogens with zero attached hydrogens (tertiary/aromatic N) is 5. The van der Waals surface area contributed by atoms with Crippen LogP contribution < -0.4 is 10.6 Å². The minimum atomic E-state index is -4.57. The Kier molecular flexibility index (Phi) is 9.46. The third-order valence-electron chi connectivity index (χ3n) is 7.87. The van der Waals surface area contributed by atoms with Crippen LogP contribution in [-0.2, 0) is 17.5 Å². The molecule has 2 aromatic carbocycles. The second-order valence-electron chi connectivity index (χ2n) is 11.8. The number of likely N-dealkylation sites (N-methyl/N-ethyl adjacent to an activating group) is 1. The van der Waals surface area contributed by atoms with Crippen molar-refractivity contribution in [3.8, 4) is 11.8 Å². The van der Waals surface area contributed by atoms with Crippen molar-refractivity contribution < 1.29 is 22.8 Å². The molecular formula is C34H36F3N7O2. The smallest absolute Gasteiger partial charge is 0.325 e. The summed E-state index contributed by atoms with van der Waals surface area (Å²) >= 11 is 0. The third-order valence-corrected chi connectivity index (χ3v) is 7.87. The number of hydrogen-bond donors (Lipinski definition) is 2. The summed E-state index contributed by atoms with van der Waals surface area (Å²) < 4.78 is 43.9. The first kappa shape index (κ1) is 32.7. The molecule has 0 radical (unpaired) electrons. The molecule has 2 amide bonds. The number of alkyl halides is 3. The molecule has 1 saturated heterocycles. The van der Waals surface area contributed by atoms with Gasteiger partial charge in [0.05, 0.1) is 16.6 Å². The molecular weight excluding hydrogens is 595 g/mol. The standard InChI is InChI=1S/C34H36F3N7O2/c1-21(2)44-32-31(29(12-13-38-32)39-23(4)45)30(41-44)11-9-24-18-25(7-6-22(24)3)33(46)40-27-10-8-26(28(19-27)34(35,36)37)20-43-16-14-42(5)15-17-43/h6-8,10,12-13,18-19,21H,14-17,20H2,1-5H3,(H,40,46)(H,38,39,45). The predicted molar refractivity (Wildman–Crippen MR) is 172 cm³/mol. The molecule has 46 heavy (non-hydrogen) atoms. The Bertz CT molecular complexity index is 1850. The molecule has 0 saturated carbocycles. The highest BCUT2D eigenvalue weighted by molar-refractivity contribution is 6.05. The Hall–Kier alpha value is -4.73. The number of carbonyl (C=O) groups is 2. The molecule has 0 spiro atoms. The SMILES string of the molecule is CC(=O)Nc1ccnc2c1c(C#Cc1cc(C(=O)Nc3ccc(CN4CCN(C)CC4)c(C(F)(F)F)c3)ccc1C)nn2C(C)C. The van der Waals surface area contributed by atoms with Crippen LogP contribution in [0.5, 0.6) is 0 Å². The maximum Gasteiger partial charge on any atom is 0.416 e. The lowest BCUT2D eigenvalue weighted by atomic mass is 10.0. The average molecular weight is 632 g/mol. The van der Waals surface area contributed by atoms with Gasteiger partial charge >= 0.3 is 6.18 Å². The molecule has 9 nitrogen and oxygen atoms in total. The van der Waals surface area contributed by atoms with Crippen LogP contribution >= 0.6 is 0 Å². The first-order valence-corrected chi connectivity index (χ1v) is 15.0. The number of rotatable bonds is 6. The fourth-order valence-corrected chi connectivity index (χ4v) is 5.33. The second kappa shape index (κ2) is 13.3. The summed E-state index contributed by atoms with van der Waals surface area (Å²) in [6, 6.07) is 10.5. The Labute approximate surface area is 265 Å². The zero-order chi connectivity index (χ0) is 33.2. The van der Waals surface area contributed by atoms with E-state index in [2.05, 4.69) is 37.5 Å². The van der Waals surface area contributed by atoms with Crippen molar-refractivity contribution in [2.45, 2.75) is 46.5 Å². The molecule has 1 fully saturated rings. The van der Waals surface area contributed by atoms with Gasteiger partial charge in [-0.15, -0.1) is 0 Å². The maximum atomic E-state index is 14.1. The Balaban J connectivity index is 1.41. The fourth-order valence-electron chi connectivity index (χ4n) is 5.33. The van der Waals surface area contributed by atoms with E-state index in [0.717, 1.165) is 24.7 Å². The first-order valence-electron chi connectivity index (χ1n) is 15.0.